The quantitative estimate of drug-likeness (QED) is 0.842. The molecule has 0 fully saturated rings. The number of halogens is 2. The molecule has 78 valence electrons. The number of nitrogens with one attached hydrogen (secondary N) is 1. The number of likely N-dealkylation sites (N-methyl/N-ethyl adjacent to an activating group) is 1. The van der Waals surface area contributed by atoms with Crippen LogP contribution in [0.25, 0.3) is 0 Å². The third-order valence-electron chi connectivity index (χ3n) is 2.21. The Bertz CT molecular complexity index is 317. The molecule has 0 spiro atoms. The molecule has 0 amide bonds. The van der Waals surface area contributed by atoms with Gasteiger partial charge in [0.05, 0.1) is 16.1 Å². The maximum Gasteiger partial charge on any atom is 0.0940 e. The fourth-order valence-corrected chi connectivity index (χ4v) is 1.45. The fourth-order valence-electron chi connectivity index (χ4n) is 1.14. The van der Waals surface area contributed by atoms with Crippen molar-refractivity contribution in [3.8, 4) is 0 Å². The molecule has 0 bridgehead atoms. The summed E-state index contributed by atoms with van der Waals surface area (Å²) < 4.78 is 0. The Morgan fingerprint density at radius 3 is 2.43 bits per heavy atom. The average molecular weight is 234 g/mol. The van der Waals surface area contributed by atoms with Crippen LogP contribution in [-0.4, -0.2) is 18.2 Å². The van der Waals surface area contributed by atoms with Gasteiger partial charge in [0, 0.05) is 6.04 Å². The molecule has 2 N–H and O–H groups in total. The maximum atomic E-state index is 9.84. The Morgan fingerprint density at radius 2 is 1.93 bits per heavy atom. The van der Waals surface area contributed by atoms with E-state index < -0.39 is 6.10 Å². The van der Waals surface area contributed by atoms with E-state index in [-0.39, 0.29) is 6.04 Å². The van der Waals surface area contributed by atoms with Gasteiger partial charge in [0.25, 0.3) is 0 Å². The highest BCUT2D eigenvalue weighted by molar-refractivity contribution is 6.42. The van der Waals surface area contributed by atoms with Gasteiger partial charge in [0.15, 0.2) is 0 Å². The molecule has 1 aromatic rings. The minimum atomic E-state index is -0.574. The Kier molecular flexibility index (Phi) is 4.20. The molecule has 2 atom stereocenters. The molecule has 0 aliphatic rings. The number of aliphatic hydroxyl groups is 1. The van der Waals surface area contributed by atoms with Gasteiger partial charge < -0.3 is 10.4 Å². The van der Waals surface area contributed by atoms with E-state index in [0.717, 1.165) is 5.56 Å². The van der Waals surface area contributed by atoms with Gasteiger partial charge in [-0.15, -0.1) is 0 Å². The summed E-state index contributed by atoms with van der Waals surface area (Å²) in [6.07, 6.45) is -0.574. The molecule has 0 aliphatic carbocycles. The molecule has 0 radical (unpaired) electrons. The van der Waals surface area contributed by atoms with Crippen LogP contribution >= 0.6 is 23.2 Å². The van der Waals surface area contributed by atoms with E-state index in [1.54, 1.807) is 25.2 Å². The van der Waals surface area contributed by atoms with E-state index in [1.807, 2.05) is 6.92 Å². The van der Waals surface area contributed by atoms with Gasteiger partial charge in [0.2, 0.25) is 0 Å². The van der Waals surface area contributed by atoms with Gasteiger partial charge >= 0.3 is 0 Å². The Hall–Kier alpha value is -0.280. The second-order valence-electron chi connectivity index (χ2n) is 3.20. The molecule has 2 nitrogen and oxygen atoms in total. The Balaban J connectivity index is 2.91. The minimum absolute atomic E-state index is 0.0211. The second kappa shape index (κ2) is 4.99. The number of hydrogen-bond acceptors (Lipinski definition) is 2. The predicted molar refractivity (Wildman–Crippen MR) is 59.9 cm³/mol. The van der Waals surface area contributed by atoms with E-state index in [4.69, 9.17) is 23.2 Å². The van der Waals surface area contributed by atoms with Crippen molar-refractivity contribution < 1.29 is 5.11 Å². The normalized spacial score (nSPS) is 15.2. The zero-order valence-corrected chi connectivity index (χ0v) is 9.60. The lowest BCUT2D eigenvalue weighted by molar-refractivity contribution is 0.140. The first-order chi connectivity index (χ1) is 6.56. The summed E-state index contributed by atoms with van der Waals surface area (Å²) in [5.41, 5.74) is 0.765. The van der Waals surface area contributed by atoms with E-state index in [1.165, 1.54) is 0 Å². The van der Waals surface area contributed by atoms with E-state index in [2.05, 4.69) is 5.32 Å². The zero-order valence-electron chi connectivity index (χ0n) is 8.09. The fraction of sp³-hybridized carbons (Fsp3) is 0.400. The molecule has 1 aromatic carbocycles. The third kappa shape index (κ3) is 2.61. The monoisotopic (exact) mass is 233 g/mol. The lowest BCUT2D eigenvalue weighted by Gasteiger charge is -2.18. The average Bonchev–Trinajstić information content (AvgIpc) is 2.20. The summed E-state index contributed by atoms with van der Waals surface area (Å²) in [6, 6.07) is 5.12. The first-order valence-electron chi connectivity index (χ1n) is 4.36. The first-order valence-corrected chi connectivity index (χ1v) is 5.12. The van der Waals surface area contributed by atoms with Gasteiger partial charge in [-0.2, -0.15) is 0 Å². The largest absolute Gasteiger partial charge is 0.387 e. The van der Waals surface area contributed by atoms with Gasteiger partial charge in [0.1, 0.15) is 0 Å². The predicted octanol–water partition coefficient (Wildman–Crippen LogP) is 2.63. The molecule has 4 heteroatoms. The van der Waals surface area contributed by atoms with Crippen LogP contribution in [0.1, 0.15) is 18.6 Å². The van der Waals surface area contributed by atoms with E-state index in [9.17, 15) is 5.11 Å². The summed E-state index contributed by atoms with van der Waals surface area (Å²) >= 11 is 11.6. The third-order valence-corrected chi connectivity index (χ3v) is 2.95. The maximum absolute atomic E-state index is 9.84. The van der Waals surface area contributed by atoms with Crippen molar-refractivity contribution in [2.45, 2.75) is 19.1 Å². The van der Waals surface area contributed by atoms with E-state index >= 15 is 0 Å². The molecule has 14 heavy (non-hydrogen) atoms. The molecular weight excluding hydrogens is 221 g/mol. The van der Waals surface area contributed by atoms with Gasteiger partial charge in [-0.05, 0) is 31.7 Å². The highest BCUT2D eigenvalue weighted by Gasteiger charge is 2.15. The molecule has 0 heterocycles. The van der Waals surface area contributed by atoms with Crippen molar-refractivity contribution >= 4 is 23.2 Å². The smallest absolute Gasteiger partial charge is 0.0940 e. The molecule has 0 aliphatic heterocycles. The van der Waals surface area contributed by atoms with Crippen LogP contribution in [0, 0.1) is 0 Å². The SMILES string of the molecule is CNC(C)C(O)c1ccc(Cl)c(Cl)c1. The molecule has 0 saturated carbocycles. The summed E-state index contributed by atoms with van der Waals surface area (Å²) in [7, 11) is 1.80. The zero-order chi connectivity index (χ0) is 10.7. The Morgan fingerprint density at radius 1 is 1.29 bits per heavy atom. The summed E-state index contributed by atoms with van der Waals surface area (Å²) in [6.45, 7) is 1.90. The summed E-state index contributed by atoms with van der Waals surface area (Å²) in [4.78, 5) is 0. The molecule has 0 aromatic heterocycles. The number of benzene rings is 1. The molecule has 0 saturated heterocycles. The van der Waals surface area contributed by atoms with Crippen LogP contribution in [0.15, 0.2) is 18.2 Å². The summed E-state index contributed by atoms with van der Waals surface area (Å²) in [5, 5.41) is 13.8. The van der Waals surface area contributed by atoms with Crippen LogP contribution in [0.2, 0.25) is 10.0 Å². The molecule has 1 rings (SSSR count). The standard InChI is InChI=1S/C10H13Cl2NO/c1-6(13-2)10(14)7-3-4-8(11)9(12)5-7/h3-6,10,13-14H,1-2H3. The van der Waals surface area contributed by atoms with Crippen LogP contribution in [0.4, 0.5) is 0 Å². The van der Waals surface area contributed by atoms with Gasteiger partial charge in [-0.25, -0.2) is 0 Å². The first kappa shape index (κ1) is 11.8. The van der Waals surface area contributed by atoms with Crippen molar-refractivity contribution in [3.05, 3.63) is 33.8 Å². The van der Waals surface area contributed by atoms with Crippen LogP contribution in [0.5, 0.6) is 0 Å². The number of hydrogen-bond donors (Lipinski definition) is 2. The highest BCUT2D eigenvalue weighted by atomic mass is 35.5. The highest BCUT2D eigenvalue weighted by Crippen LogP contribution is 2.26. The summed E-state index contributed by atoms with van der Waals surface area (Å²) in [5.74, 6) is 0. The lowest BCUT2D eigenvalue weighted by Crippen LogP contribution is -2.28. The molecule has 2 unspecified atom stereocenters. The van der Waals surface area contributed by atoms with Crippen molar-refractivity contribution in [3.63, 3.8) is 0 Å². The van der Waals surface area contributed by atoms with E-state index in [0.29, 0.717) is 10.0 Å². The van der Waals surface area contributed by atoms with Crippen LogP contribution in [-0.2, 0) is 0 Å². The van der Waals surface area contributed by atoms with Gasteiger partial charge in [-0.3, -0.25) is 0 Å². The topological polar surface area (TPSA) is 32.3 Å². The van der Waals surface area contributed by atoms with Crippen molar-refractivity contribution in [2.75, 3.05) is 7.05 Å². The minimum Gasteiger partial charge on any atom is -0.387 e. The second-order valence-corrected chi connectivity index (χ2v) is 4.01. The van der Waals surface area contributed by atoms with Crippen LogP contribution < -0.4 is 5.32 Å². The Labute approximate surface area is 93.8 Å². The van der Waals surface area contributed by atoms with Gasteiger partial charge in [-0.1, -0.05) is 29.3 Å². The molecular formula is C10H13Cl2NO. The lowest BCUT2D eigenvalue weighted by atomic mass is 10.0. The van der Waals surface area contributed by atoms with Crippen molar-refractivity contribution in [2.24, 2.45) is 0 Å². The van der Waals surface area contributed by atoms with Crippen molar-refractivity contribution in [1.29, 1.82) is 0 Å². The number of rotatable bonds is 3. The van der Waals surface area contributed by atoms with Crippen molar-refractivity contribution in [1.82, 2.24) is 5.32 Å². The number of aliphatic hydroxyl groups excluding tert-OH is 1. The van der Waals surface area contributed by atoms with Crippen LogP contribution in [0.3, 0.4) is 0 Å².